The fraction of sp³-hybridized carbons (Fsp3) is 0.188. The van der Waals surface area contributed by atoms with Crippen LogP contribution in [-0.4, -0.2) is 12.2 Å². The normalized spacial score (nSPS) is 10.1. The Morgan fingerprint density at radius 1 is 1.09 bits per heavy atom. The predicted molar refractivity (Wildman–Crippen MR) is 90.7 cm³/mol. The van der Waals surface area contributed by atoms with Gasteiger partial charge in [-0.1, -0.05) is 29.8 Å². The number of nitrogens with one attached hydrogen (secondary N) is 2. The monoisotopic (exact) mass is 338 g/mol. The number of ether oxygens (including phenoxy) is 1. The number of benzene rings is 2. The summed E-state index contributed by atoms with van der Waals surface area (Å²) in [5.74, 6) is 0.392. The lowest BCUT2D eigenvalue weighted by molar-refractivity contribution is 0.414. The lowest BCUT2D eigenvalue weighted by Crippen LogP contribution is -2.34. The zero-order chi connectivity index (χ0) is 15.9. The maximum Gasteiger partial charge on any atom is 0.166 e. The highest BCUT2D eigenvalue weighted by Gasteiger charge is 2.02. The maximum absolute atomic E-state index is 13.1. The summed E-state index contributed by atoms with van der Waals surface area (Å²) < 4.78 is 18.2. The van der Waals surface area contributed by atoms with E-state index in [1.165, 1.54) is 6.07 Å². The molecule has 0 atom stereocenters. The van der Waals surface area contributed by atoms with Gasteiger partial charge >= 0.3 is 0 Å². The third kappa shape index (κ3) is 4.86. The van der Waals surface area contributed by atoms with Gasteiger partial charge in [0.15, 0.2) is 5.11 Å². The number of methoxy groups -OCH3 is 1. The highest BCUT2D eigenvalue weighted by molar-refractivity contribution is 7.80. The lowest BCUT2D eigenvalue weighted by atomic mass is 10.2. The van der Waals surface area contributed by atoms with Crippen molar-refractivity contribution in [1.29, 1.82) is 0 Å². The van der Waals surface area contributed by atoms with Gasteiger partial charge in [0.2, 0.25) is 0 Å². The first kappa shape index (κ1) is 16.5. The molecule has 2 rings (SSSR count). The van der Waals surface area contributed by atoms with Gasteiger partial charge in [-0.15, -0.1) is 0 Å². The lowest BCUT2D eigenvalue weighted by Gasteiger charge is -2.11. The summed E-state index contributed by atoms with van der Waals surface area (Å²) in [4.78, 5) is 0. The van der Waals surface area contributed by atoms with E-state index >= 15 is 0 Å². The van der Waals surface area contributed by atoms with Crippen LogP contribution in [0.4, 0.5) is 4.39 Å². The van der Waals surface area contributed by atoms with E-state index < -0.39 is 5.82 Å². The van der Waals surface area contributed by atoms with E-state index in [0.29, 0.717) is 18.2 Å². The third-order valence-corrected chi connectivity index (χ3v) is 3.63. The van der Waals surface area contributed by atoms with Crippen molar-refractivity contribution in [3.8, 4) is 5.75 Å². The first-order valence-electron chi connectivity index (χ1n) is 6.67. The maximum atomic E-state index is 13.1. The zero-order valence-corrected chi connectivity index (χ0v) is 13.6. The van der Waals surface area contributed by atoms with Gasteiger partial charge in [0.05, 0.1) is 12.1 Å². The van der Waals surface area contributed by atoms with Crippen molar-refractivity contribution in [3.63, 3.8) is 0 Å². The number of hydrogen-bond donors (Lipinski definition) is 2. The smallest absolute Gasteiger partial charge is 0.166 e. The standard InChI is InChI=1S/C16H16ClFN2OS/c1-21-13-5-2-11(3-6-13)9-19-16(22)20-10-12-4-7-15(18)14(17)8-12/h2-8H,9-10H2,1H3,(H2,19,20,22). The van der Waals surface area contributed by atoms with E-state index in [0.717, 1.165) is 16.9 Å². The van der Waals surface area contributed by atoms with Crippen molar-refractivity contribution in [2.24, 2.45) is 0 Å². The van der Waals surface area contributed by atoms with E-state index in [9.17, 15) is 4.39 Å². The Morgan fingerprint density at radius 2 is 1.68 bits per heavy atom. The molecule has 2 N–H and O–H groups in total. The van der Waals surface area contributed by atoms with Crippen LogP contribution in [0.5, 0.6) is 5.75 Å². The quantitative estimate of drug-likeness (QED) is 0.815. The number of halogens is 2. The Balaban J connectivity index is 1.78. The van der Waals surface area contributed by atoms with Gasteiger partial charge in [-0.25, -0.2) is 4.39 Å². The second-order valence-corrected chi connectivity index (χ2v) is 5.45. The summed E-state index contributed by atoms with van der Waals surface area (Å²) in [6.07, 6.45) is 0. The highest BCUT2D eigenvalue weighted by Crippen LogP contribution is 2.15. The van der Waals surface area contributed by atoms with Crippen LogP contribution in [0.1, 0.15) is 11.1 Å². The molecular weight excluding hydrogens is 323 g/mol. The van der Waals surface area contributed by atoms with Crippen LogP contribution in [0.2, 0.25) is 5.02 Å². The Labute approximate surface area is 139 Å². The van der Waals surface area contributed by atoms with Crippen molar-refractivity contribution in [3.05, 3.63) is 64.4 Å². The minimum atomic E-state index is -0.425. The molecule has 0 aliphatic rings. The summed E-state index contributed by atoms with van der Waals surface area (Å²) in [6.45, 7) is 1.09. The molecule has 116 valence electrons. The Hall–Kier alpha value is -1.85. The molecule has 6 heteroatoms. The van der Waals surface area contributed by atoms with Crippen LogP contribution in [0.3, 0.4) is 0 Å². The number of hydrogen-bond acceptors (Lipinski definition) is 2. The minimum Gasteiger partial charge on any atom is -0.497 e. The SMILES string of the molecule is COc1ccc(CNC(=S)NCc2ccc(F)c(Cl)c2)cc1. The highest BCUT2D eigenvalue weighted by atomic mass is 35.5. The van der Waals surface area contributed by atoms with Gasteiger partial charge in [0.1, 0.15) is 11.6 Å². The van der Waals surface area contributed by atoms with Gasteiger partial charge in [-0.3, -0.25) is 0 Å². The molecule has 0 fully saturated rings. The van der Waals surface area contributed by atoms with Gasteiger partial charge in [-0.05, 0) is 47.6 Å². The number of rotatable bonds is 5. The van der Waals surface area contributed by atoms with Crippen molar-refractivity contribution in [1.82, 2.24) is 10.6 Å². The molecule has 0 radical (unpaired) electrons. The van der Waals surface area contributed by atoms with Crippen LogP contribution in [0.15, 0.2) is 42.5 Å². The largest absolute Gasteiger partial charge is 0.497 e. The molecule has 22 heavy (non-hydrogen) atoms. The van der Waals surface area contributed by atoms with Crippen LogP contribution in [0, 0.1) is 5.82 Å². The average Bonchev–Trinajstić information content (AvgIpc) is 2.54. The molecule has 2 aromatic rings. The molecule has 0 aliphatic heterocycles. The van der Waals surface area contributed by atoms with Crippen LogP contribution in [0.25, 0.3) is 0 Å². The average molecular weight is 339 g/mol. The first-order valence-corrected chi connectivity index (χ1v) is 7.45. The van der Waals surface area contributed by atoms with Crippen molar-refractivity contribution in [2.45, 2.75) is 13.1 Å². The Bertz CT molecular complexity index is 649. The van der Waals surface area contributed by atoms with Gasteiger partial charge in [0, 0.05) is 13.1 Å². The molecule has 0 heterocycles. The molecule has 0 saturated heterocycles. The van der Waals surface area contributed by atoms with E-state index in [1.807, 2.05) is 24.3 Å². The molecule has 3 nitrogen and oxygen atoms in total. The summed E-state index contributed by atoms with van der Waals surface area (Å²) in [7, 11) is 1.63. The van der Waals surface area contributed by atoms with Crippen LogP contribution >= 0.6 is 23.8 Å². The molecular formula is C16H16ClFN2OS. The molecule has 0 amide bonds. The van der Waals surface area contributed by atoms with Gasteiger partial charge < -0.3 is 15.4 Å². The predicted octanol–water partition coefficient (Wildman–Crippen LogP) is 3.65. The van der Waals surface area contributed by atoms with Crippen molar-refractivity contribution >= 4 is 28.9 Å². The molecule has 0 unspecified atom stereocenters. The topological polar surface area (TPSA) is 33.3 Å². The summed E-state index contributed by atoms with van der Waals surface area (Å²) in [6, 6.07) is 12.3. The van der Waals surface area contributed by atoms with Gasteiger partial charge in [-0.2, -0.15) is 0 Å². The van der Waals surface area contributed by atoms with E-state index in [-0.39, 0.29) is 5.02 Å². The number of thiocarbonyl (C=S) groups is 1. The minimum absolute atomic E-state index is 0.108. The fourth-order valence-electron chi connectivity index (χ4n) is 1.82. The summed E-state index contributed by atoms with van der Waals surface area (Å²) >= 11 is 10.9. The third-order valence-electron chi connectivity index (χ3n) is 3.05. The molecule has 0 saturated carbocycles. The molecule has 0 spiro atoms. The second-order valence-electron chi connectivity index (χ2n) is 4.63. The van der Waals surface area contributed by atoms with Crippen molar-refractivity contribution in [2.75, 3.05) is 7.11 Å². The van der Waals surface area contributed by atoms with Crippen LogP contribution in [-0.2, 0) is 13.1 Å². The van der Waals surface area contributed by atoms with E-state index in [4.69, 9.17) is 28.6 Å². The van der Waals surface area contributed by atoms with E-state index in [1.54, 1.807) is 19.2 Å². The van der Waals surface area contributed by atoms with Crippen molar-refractivity contribution < 1.29 is 9.13 Å². The summed E-state index contributed by atoms with van der Waals surface area (Å²) in [5.41, 5.74) is 1.95. The zero-order valence-electron chi connectivity index (χ0n) is 12.0. The Morgan fingerprint density at radius 3 is 2.27 bits per heavy atom. The molecule has 2 aromatic carbocycles. The van der Waals surface area contributed by atoms with Gasteiger partial charge in [0.25, 0.3) is 0 Å². The molecule has 0 aromatic heterocycles. The first-order chi connectivity index (χ1) is 10.6. The Kier molecular flexibility index (Phi) is 5.98. The fourth-order valence-corrected chi connectivity index (χ4v) is 2.17. The molecule has 0 bridgehead atoms. The van der Waals surface area contributed by atoms with E-state index in [2.05, 4.69) is 10.6 Å². The summed E-state index contributed by atoms with van der Waals surface area (Å²) in [5, 5.41) is 6.79. The van der Waals surface area contributed by atoms with Crippen LogP contribution < -0.4 is 15.4 Å². The second kappa shape index (κ2) is 7.96. The molecule has 0 aliphatic carbocycles.